The van der Waals surface area contributed by atoms with E-state index in [1.807, 2.05) is 0 Å². The summed E-state index contributed by atoms with van der Waals surface area (Å²) in [6.45, 7) is 5.32. The Bertz CT molecular complexity index is 693. The largest absolute Gasteiger partial charge is 0.472 e. The van der Waals surface area contributed by atoms with Crippen molar-refractivity contribution in [3.8, 4) is 0 Å². The molecule has 0 atom stereocenters. The van der Waals surface area contributed by atoms with E-state index in [4.69, 9.17) is 9.15 Å². The van der Waals surface area contributed by atoms with Crippen molar-refractivity contribution in [3.63, 3.8) is 0 Å². The van der Waals surface area contributed by atoms with Gasteiger partial charge in [-0.1, -0.05) is 0 Å². The molecule has 0 spiro atoms. The number of furan rings is 1. The number of rotatable bonds is 5. The monoisotopic (exact) mass is 317 g/mol. The van der Waals surface area contributed by atoms with Crippen LogP contribution in [0.5, 0.6) is 0 Å². The summed E-state index contributed by atoms with van der Waals surface area (Å²) >= 11 is 0. The van der Waals surface area contributed by atoms with Crippen molar-refractivity contribution in [2.75, 3.05) is 5.32 Å². The molecule has 0 saturated carbocycles. The Labute approximate surface area is 133 Å². The van der Waals surface area contributed by atoms with Crippen LogP contribution < -0.4 is 5.32 Å². The molecule has 0 saturated heterocycles. The van der Waals surface area contributed by atoms with E-state index in [1.54, 1.807) is 39.1 Å². The summed E-state index contributed by atoms with van der Waals surface area (Å²) in [7, 11) is 0. The standard InChI is InChI=1S/C16H19N3O4/c1-16(2,3)15(21)23-11-19-9-13(8-17-19)18-14(20)5-4-12-6-7-22-10-12/h4-10H,11H2,1-3H3,(H,18,20). The minimum absolute atomic E-state index is 0.00314. The normalized spacial score (nSPS) is 11.6. The third-order valence-electron chi connectivity index (χ3n) is 2.81. The molecule has 2 rings (SSSR count). The van der Waals surface area contributed by atoms with E-state index in [2.05, 4.69) is 10.4 Å². The zero-order valence-electron chi connectivity index (χ0n) is 13.3. The molecule has 2 aromatic rings. The quantitative estimate of drug-likeness (QED) is 0.677. The maximum Gasteiger partial charge on any atom is 0.313 e. The molecule has 122 valence electrons. The Hall–Kier alpha value is -2.83. The average molecular weight is 317 g/mol. The van der Waals surface area contributed by atoms with Crippen LogP contribution in [0.4, 0.5) is 5.69 Å². The number of hydrogen-bond acceptors (Lipinski definition) is 5. The summed E-state index contributed by atoms with van der Waals surface area (Å²) in [5.74, 6) is -0.612. The molecule has 1 amide bonds. The first-order chi connectivity index (χ1) is 10.8. The first-order valence-electron chi connectivity index (χ1n) is 7.05. The van der Waals surface area contributed by atoms with E-state index in [9.17, 15) is 9.59 Å². The van der Waals surface area contributed by atoms with Crippen molar-refractivity contribution in [1.82, 2.24) is 9.78 Å². The number of nitrogens with one attached hydrogen (secondary N) is 1. The lowest BCUT2D eigenvalue weighted by molar-refractivity contribution is -0.157. The number of esters is 1. The molecule has 0 aliphatic heterocycles. The second-order valence-corrected chi connectivity index (χ2v) is 5.96. The number of nitrogens with zero attached hydrogens (tertiary/aromatic N) is 2. The molecule has 0 fully saturated rings. The van der Waals surface area contributed by atoms with E-state index in [0.717, 1.165) is 5.56 Å². The highest BCUT2D eigenvalue weighted by Crippen LogP contribution is 2.15. The van der Waals surface area contributed by atoms with Crippen LogP contribution in [0, 0.1) is 5.41 Å². The van der Waals surface area contributed by atoms with E-state index in [0.29, 0.717) is 5.69 Å². The number of aromatic nitrogens is 2. The Balaban J connectivity index is 1.85. The fraction of sp³-hybridized carbons (Fsp3) is 0.312. The number of carbonyl (C=O) groups is 2. The van der Waals surface area contributed by atoms with Crippen LogP contribution in [-0.4, -0.2) is 21.7 Å². The third kappa shape index (κ3) is 5.14. The molecule has 0 aliphatic carbocycles. The van der Waals surface area contributed by atoms with Gasteiger partial charge in [0, 0.05) is 11.6 Å². The van der Waals surface area contributed by atoms with Gasteiger partial charge in [-0.15, -0.1) is 0 Å². The van der Waals surface area contributed by atoms with Gasteiger partial charge in [0.25, 0.3) is 0 Å². The van der Waals surface area contributed by atoms with Crippen molar-refractivity contribution >= 4 is 23.6 Å². The Morgan fingerprint density at radius 2 is 2.22 bits per heavy atom. The molecule has 7 nitrogen and oxygen atoms in total. The van der Waals surface area contributed by atoms with Crippen LogP contribution >= 0.6 is 0 Å². The lowest BCUT2D eigenvalue weighted by Gasteiger charge is -2.16. The van der Waals surface area contributed by atoms with Crippen LogP contribution in [0.3, 0.4) is 0 Å². The van der Waals surface area contributed by atoms with Crippen molar-refractivity contribution in [2.45, 2.75) is 27.5 Å². The maximum atomic E-state index is 11.8. The van der Waals surface area contributed by atoms with Gasteiger partial charge in [0.2, 0.25) is 5.91 Å². The number of anilines is 1. The minimum Gasteiger partial charge on any atom is -0.472 e. The Morgan fingerprint density at radius 3 is 2.87 bits per heavy atom. The summed E-state index contributed by atoms with van der Waals surface area (Å²) in [5.41, 5.74) is 0.741. The van der Waals surface area contributed by atoms with Crippen molar-refractivity contribution in [2.24, 2.45) is 5.41 Å². The van der Waals surface area contributed by atoms with Crippen LogP contribution in [0.1, 0.15) is 26.3 Å². The maximum absolute atomic E-state index is 11.8. The first kappa shape index (κ1) is 16.5. The van der Waals surface area contributed by atoms with Crippen LogP contribution in [0.2, 0.25) is 0 Å². The highest BCUT2D eigenvalue weighted by Gasteiger charge is 2.23. The molecular formula is C16H19N3O4. The SMILES string of the molecule is CC(C)(C)C(=O)OCn1cc(NC(=O)C=Cc2ccoc2)cn1. The predicted molar refractivity (Wildman–Crippen MR) is 84.1 cm³/mol. The highest BCUT2D eigenvalue weighted by molar-refractivity contribution is 6.01. The smallest absolute Gasteiger partial charge is 0.313 e. The molecule has 1 N–H and O–H groups in total. The number of hydrogen-bond donors (Lipinski definition) is 1. The number of amides is 1. The minimum atomic E-state index is -0.567. The van der Waals surface area contributed by atoms with Crippen LogP contribution in [-0.2, 0) is 21.1 Å². The van der Waals surface area contributed by atoms with E-state index < -0.39 is 5.41 Å². The molecule has 0 aromatic carbocycles. The van der Waals surface area contributed by atoms with Crippen LogP contribution in [0.25, 0.3) is 6.08 Å². The van der Waals surface area contributed by atoms with Crippen LogP contribution in [0.15, 0.2) is 41.5 Å². The average Bonchev–Trinajstić information content (AvgIpc) is 3.13. The van der Waals surface area contributed by atoms with E-state index in [1.165, 1.54) is 29.5 Å². The predicted octanol–water partition coefficient (Wildman–Crippen LogP) is 2.67. The van der Waals surface area contributed by atoms with Gasteiger partial charge in [0.1, 0.15) is 0 Å². The molecule has 0 radical (unpaired) electrons. The summed E-state index contributed by atoms with van der Waals surface area (Å²) in [6, 6.07) is 1.74. The molecule has 7 heteroatoms. The second-order valence-electron chi connectivity index (χ2n) is 5.96. The summed E-state index contributed by atoms with van der Waals surface area (Å²) in [5, 5.41) is 6.68. The summed E-state index contributed by atoms with van der Waals surface area (Å²) < 4.78 is 11.5. The second kappa shape index (κ2) is 6.95. The molecule has 0 bridgehead atoms. The Kier molecular flexibility index (Phi) is 5.00. The van der Waals surface area contributed by atoms with Crippen molar-refractivity contribution in [3.05, 3.63) is 42.6 Å². The van der Waals surface area contributed by atoms with Gasteiger partial charge < -0.3 is 14.5 Å². The third-order valence-corrected chi connectivity index (χ3v) is 2.81. The molecule has 0 aliphatic rings. The lowest BCUT2D eigenvalue weighted by atomic mass is 9.98. The fourth-order valence-electron chi connectivity index (χ4n) is 1.57. The fourth-order valence-corrected chi connectivity index (χ4v) is 1.57. The molecule has 2 heterocycles. The van der Waals surface area contributed by atoms with Gasteiger partial charge in [-0.25, -0.2) is 4.68 Å². The van der Waals surface area contributed by atoms with E-state index >= 15 is 0 Å². The van der Waals surface area contributed by atoms with Gasteiger partial charge in [0.15, 0.2) is 6.73 Å². The molecule has 2 aromatic heterocycles. The van der Waals surface area contributed by atoms with Gasteiger partial charge in [-0.05, 0) is 32.9 Å². The summed E-state index contributed by atoms with van der Waals surface area (Å²) in [6.07, 6.45) is 9.15. The van der Waals surface area contributed by atoms with Crippen molar-refractivity contribution in [1.29, 1.82) is 0 Å². The van der Waals surface area contributed by atoms with E-state index in [-0.39, 0.29) is 18.6 Å². The zero-order chi connectivity index (χ0) is 16.9. The molecular weight excluding hydrogens is 298 g/mol. The van der Waals surface area contributed by atoms with Gasteiger partial charge in [-0.2, -0.15) is 5.10 Å². The van der Waals surface area contributed by atoms with Gasteiger partial charge >= 0.3 is 5.97 Å². The van der Waals surface area contributed by atoms with Gasteiger partial charge in [0.05, 0.1) is 36.0 Å². The first-order valence-corrected chi connectivity index (χ1v) is 7.05. The molecule has 23 heavy (non-hydrogen) atoms. The number of ether oxygens (including phenoxy) is 1. The molecule has 0 unspecified atom stereocenters. The lowest BCUT2D eigenvalue weighted by Crippen LogP contribution is -2.24. The van der Waals surface area contributed by atoms with Gasteiger partial charge in [-0.3, -0.25) is 9.59 Å². The Morgan fingerprint density at radius 1 is 1.43 bits per heavy atom. The summed E-state index contributed by atoms with van der Waals surface area (Å²) in [4.78, 5) is 23.4. The zero-order valence-corrected chi connectivity index (χ0v) is 13.3. The van der Waals surface area contributed by atoms with Crippen molar-refractivity contribution < 1.29 is 18.7 Å². The topological polar surface area (TPSA) is 86.4 Å². The highest BCUT2D eigenvalue weighted by atomic mass is 16.5. The number of carbonyl (C=O) groups excluding carboxylic acids is 2.